The molecule has 6 nitrogen and oxygen atoms in total. The Bertz CT molecular complexity index is 881. The van der Waals surface area contributed by atoms with Gasteiger partial charge in [0, 0.05) is 11.3 Å². The van der Waals surface area contributed by atoms with Gasteiger partial charge in [0.05, 0.1) is 0 Å². The van der Waals surface area contributed by atoms with Gasteiger partial charge in [-0.2, -0.15) is 0 Å². The number of carbonyl (C=O) groups is 3. The second kappa shape index (κ2) is 10.1. The summed E-state index contributed by atoms with van der Waals surface area (Å²) in [5.41, 5.74) is 3.36. The number of carbonyl (C=O) groups excluding carboxylic acids is 3. The molecule has 0 unspecified atom stereocenters. The highest BCUT2D eigenvalue weighted by Gasteiger charge is 2.19. The SMILES string of the molecule is CCc1ccc(NC(=O)[C@H](C)OC(=O)CNC(=O)c2ccc(C(C)(C)C)cc2)cc1. The second-order valence-corrected chi connectivity index (χ2v) is 8.18. The summed E-state index contributed by atoms with van der Waals surface area (Å²) in [5.74, 6) is -1.49. The smallest absolute Gasteiger partial charge is 0.326 e. The quantitative estimate of drug-likeness (QED) is 0.679. The molecule has 0 heterocycles. The summed E-state index contributed by atoms with van der Waals surface area (Å²) in [7, 11) is 0. The maximum absolute atomic E-state index is 12.2. The zero-order valence-corrected chi connectivity index (χ0v) is 18.2. The van der Waals surface area contributed by atoms with Gasteiger partial charge in [-0.15, -0.1) is 0 Å². The molecule has 2 amide bonds. The summed E-state index contributed by atoms with van der Waals surface area (Å²) < 4.78 is 5.11. The molecule has 6 heteroatoms. The third kappa shape index (κ3) is 6.72. The molecule has 2 rings (SSSR count). The zero-order chi connectivity index (χ0) is 22.3. The average molecular weight is 411 g/mol. The van der Waals surface area contributed by atoms with Crippen molar-refractivity contribution in [2.45, 2.75) is 52.6 Å². The molecule has 0 aliphatic carbocycles. The summed E-state index contributed by atoms with van der Waals surface area (Å²) in [6.45, 7) is 9.50. The Labute approximate surface area is 178 Å². The molecule has 0 aliphatic heterocycles. The van der Waals surface area contributed by atoms with Gasteiger partial charge in [-0.25, -0.2) is 0 Å². The van der Waals surface area contributed by atoms with E-state index in [2.05, 4.69) is 38.3 Å². The highest BCUT2D eigenvalue weighted by atomic mass is 16.5. The maximum atomic E-state index is 12.2. The lowest BCUT2D eigenvalue weighted by molar-refractivity contribution is -0.152. The summed E-state index contributed by atoms with van der Waals surface area (Å²) in [5, 5.41) is 5.22. The van der Waals surface area contributed by atoms with Crippen molar-refractivity contribution >= 4 is 23.5 Å². The van der Waals surface area contributed by atoms with E-state index in [9.17, 15) is 14.4 Å². The summed E-state index contributed by atoms with van der Waals surface area (Å²) in [4.78, 5) is 36.4. The highest BCUT2D eigenvalue weighted by Crippen LogP contribution is 2.22. The normalized spacial score (nSPS) is 12.0. The number of amides is 2. The molecule has 0 spiro atoms. The molecule has 160 valence electrons. The maximum Gasteiger partial charge on any atom is 0.326 e. The molecule has 0 aliphatic rings. The monoisotopic (exact) mass is 410 g/mol. The number of nitrogens with one attached hydrogen (secondary N) is 2. The molecule has 0 radical (unpaired) electrons. The molecule has 0 saturated heterocycles. The molecule has 2 aromatic rings. The molecule has 2 aromatic carbocycles. The van der Waals surface area contributed by atoms with Gasteiger partial charge in [-0.1, -0.05) is 52.0 Å². The Balaban J connectivity index is 1.81. The molecule has 30 heavy (non-hydrogen) atoms. The van der Waals surface area contributed by atoms with Crippen LogP contribution in [0.2, 0.25) is 0 Å². The van der Waals surface area contributed by atoms with E-state index in [4.69, 9.17) is 4.74 Å². The molecule has 0 fully saturated rings. The fourth-order valence-corrected chi connectivity index (χ4v) is 2.74. The Hall–Kier alpha value is -3.15. The van der Waals surface area contributed by atoms with Crippen LogP contribution in [-0.2, 0) is 26.2 Å². The van der Waals surface area contributed by atoms with Crippen LogP contribution in [0.3, 0.4) is 0 Å². The van der Waals surface area contributed by atoms with Gasteiger partial charge in [-0.3, -0.25) is 14.4 Å². The number of benzene rings is 2. The number of anilines is 1. The fourth-order valence-electron chi connectivity index (χ4n) is 2.74. The summed E-state index contributed by atoms with van der Waals surface area (Å²) >= 11 is 0. The van der Waals surface area contributed by atoms with Crippen molar-refractivity contribution in [3.8, 4) is 0 Å². The predicted molar refractivity (Wildman–Crippen MR) is 117 cm³/mol. The molecular formula is C24H30N2O4. The summed E-state index contributed by atoms with van der Waals surface area (Å²) in [6.07, 6.45) is -0.0689. The second-order valence-electron chi connectivity index (χ2n) is 8.18. The van der Waals surface area contributed by atoms with Gasteiger partial charge in [-0.05, 0) is 54.2 Å². The van der Waals surface area contributed by atoms with Crippen LogP contribution in [0.25, 0.3) is 0 Å². The average Bonchev–Trinajstić information content (AvgIpc) is 2.72. The van der Waals surface area contributed by atoms with Crippen LogP contribution in [-0.4, -0.2) is 30.4 Å². The van der Waals surface area contributed by atoms with Crippen molar-refractivity contribution in [3.63, 3.8) is 0 Å². The highest BCUT2D eigenvalue weighted by molar-refractivity contribution is 5.97. The molecule has 0 saturated carbocycles. The molecule has 0 bridgehead atoms. The van der Waals surface area contributed by atoms with Crippen molar-refractivity contribution in [1.82, 2.24) is 5.32 Å². The van der Waals surface area contributed by atoms with Crippen molar-refractivity contribution in [2.24, 2.45) is 0 Å². The van der Waals surface area contributed by atoms with E-state index in [0.29, 0.717) is 11.3 Å². The minimum Gasteiger partial charge on any atom is -0.451 e. The van der Waals surface area contributed by atoms with Crippen LogP contribution in [0.4, 0.5) is 5.69 Å². The Morgan fingerprint density at radius 3 is 2.10 bits per heavy atom. The van der Waals surface area contributed by atoms with Gasteiger partial charge in [0.2, 0.25) is 0 Å². The first-order valence-corrected chi connectivity index (χ1v) is 10.1. The van der Waals surface area contributed by atoms with Gasteiger partial charge < -0.3 is 15.4 Å². The Kier molecular flexibility index (Phi) is 7.75. The van der Waals surface area contributed by atoms with Crippen molar-refractivity contribution in [3.05, 3.63) is 65.2 Å². The van der Waals surface area contributed by atoms with Gasteiger partial charge >= 0.3 is 5.97 Å². The first-order chi connectivity index (χ1) is 14.1. The van der Waals surface area contributed by atoms with E-state index in [0.717, 1.165) is 17.5 Å². The lowest BCUT2D eigenvalue weighted by Crippen LogP contribution is -2.35. The Morgan fingerprint density at radius 2 is 1.57 bits per heavy atom. The molecule has 2 N–H and O–H groups in total. The van der Waals surface area contributed by atoms with Gasteiger partial charge in [0.15, 0.2) is 6.10 Å². The first-order valence-electron chi connectivity index (χ1n) is 10.1. The Morgan fingerprint density at radius 1 is 0.967 bits per heavy atom. The number of aryl methyl sites for hydroxylation is 1. The van der Waals surface area contributed by atoms with E-state index in [-0.39, 0.29) is 17.9 Å². The molecule has 0 aromatic heterocycles. The summed E-state index contributed by atoms with van der Waals surface area (Å²) in [6, 6.07) is 14.7. The van der Waals surface area contributed by atoms with Crippen LogP contribution < -0.4 is 10.6 Å². The lowest BCUT2D eigenvalue weighted by Gasteiger charge is -2.19. The topological polar surface area (TPSA) is 84.5 Å². The molecular weight excluding hydrogens is 380 g/mol. The number of esters is 1. The minimum atomic E-state index is -0.980. The lowest BCUT2D eigenvalue weighted by atomic mass is 9.87. The number of hydrogen-bond donors (Lipinski definition) is 2. The van der Waals surface area contributed by atoms with Crippen LogP contribution in [0.5, 0.6) is 0 Å². The van der Waals surface area contributed by atoms with Crippen molar-refractivity contribution in [1.29, 1.82) is 0 Å². The first kappa shape index (κ1) is 23.1. The van der Waals surface area contributed by atoms with Crippen LogP contribution in [0.15, 0.2) is 48.5 Å². The standard InChI is InChI=1S/C24H30N2O4/c1-6-17-7-13-20(14-8-17)26-22(28)16(2)30-21(27)15-25-23(29)18-9-11-19(12-10-18)24(3,4)5/h7-14,16H,6,15H2,1-5H3,(H,25,29)(H,26,28)/t16-/m0/s1. The van der Waals surface area contributed by atoms with Crippen LogP contribution >= 0.6 is 0 Å². The van der Waals surface area contributed by atoms with E-state index >= 15 is 0 Å². The number of rotatable bonds is 7. The van der Waals surface area contributed by atoms with E-state index in [1.54, 1.807) is 24.3 Å². The van der Waals surface area contributed by atoms with E-state index in [1.165, 1.54) is 6.92 Å². The largest absolute Gasteiger partial charge is 0.451 e. The number of hydrogen-bond acceptors (Lipinski definition) is 4. The van der Waals surface area contributed by atoms with E-state index in [1.807, 2.05) is 24.3 Å². The predicted octanol–water partition coefficient (Wildman–Crippen LogP) is 3.85. The van der Waals surface area contributed by atoms with Gasteiger partial charge in [0.25, 0.3) is 11.8 Å². The molecule has 1 atom stereocenters. The van der Waals surface area contributed by atoms with E-state index < -0.39 is 18.0 Å². The van der Waals surface area contributed by atoms with Crippen molar-refractivity contribution < 1.29 is 19.1 Å². The third-order valence-electron chi connectivity index (χ3n) is 4.71. The van der Waals surface area contributed by atoms with Gasteiger partial charge in [0.1, 0.15) is 6.54 Å². The van der Waals surface area contributed by atoms with Crippen LogP contribution in [0, 0.1) is 0 Å². The number of ether oxygens (including phenoxy) is 1. The zero-order valence-electron chi connectivity index (χ0n) is 18.2. The van der Waals surface area contributed by atoms with Crippen LogP contribution in [0.1, 0.15) is 56.1 Å². The third-order valence-corrected chi connectivity index (χ3v) is 4.71. The minimum absolute atomic E-state index is 0.00638. The van der Waals surface area contributed by atoms with Crippen molar-refractivity contribution in [2.75, 3.05) is 11.9 Å². The fraction of sp³-hybridized carbons (Fsp3) is 0.375.